The molecular weight excluding hydrogens is 395 g/mol. The second-order valence-electron chi connectivity index (χ2n) is 8.66. The topological polar surface area (TPSA) is 41.0 Å². The van der Waals surface area contributed by atoms with Crippen molar-refractivity contribution in [2.24, 2.45) is 7.05 Å². The van der Waals surface area contributed by atoms with Crippen LogP contribution in [0.2, 0.25) is 0 Å². The van der Waals surface area contributed by atoms with Crippen molar-refractivity contribution in [2.75, 3.05) is 51.3 Å². The molecule has 0 aliphatic carbocycles. The van der Waals surface area contributed by atoms with Gasteiger partial charge in [-0.1, -0.05) is 6.92 Å². The molecule has 2 aromatic rings. The van der Waals surface area contributed by atoms with Crippen LogP contribution in [0.1, 0.15) is 41.1 Å². The van der Waals surface area contributed by atoms with Gasteiger partial charge in [-0.25, -0.2) is 4.39 Å². The smallest absolute Gasteiger partial charge is 0.256 e. The average molecular weight is 429 g/mol. The van der Waals surface area contributed by atoms with E-state index in [9.17, 15) is 9.18 Å². The van der Waals surface area contributed by atoms with Gasteiger partial charge in [0.05, 0.1) is 17.3 Å². The number of fused-ring (bicyclic) bond motifs is 1. The number of ether oxygens (including phenoxy) is 1. The third-order valence-electron chi connectivity index (χ3n) is 6.67. The van der Waals surface area contributed by atoms with Gasteiger partial charge in [-0.15, -0.1) is 0 Å². The molecule has 168 valence electrons. The molecule has 2 unspecified atom stereocenters. The summed E-state index contributed by atoms with van der Waals surface area (Å²) in [6, 6.07) is 6.80. The van der Waals surface area contributed by atoms with Gasteiger partial charge < -0.3 is 19.1 Å². The number of benzene rings is 1. The zero-order valence-corrected chi connectivity index (χ0v) is 19.0. The van der Waals surface area contributed by atoms with Gasteiger partial charge >= 0.3 is 0 Å². The SMILES string of the molecule is CCCN1CC(N2CCN(c3ccc(F)cc3)CC2)C(OC)c2c(c(C)cn2C)C1=O. The average Bonchev–Trinajstić information content (AvgIpc) is 2.99. The number of aryl methyl sites for hydroxylation is 2. The number of piperazine rings is 1. The molecule has 2 atom stereocenters. The quantitative estimate of drug-likeness (QED) is 0.733. The highest BCUT2D eigenvalue weighted by molar-refractivity contribution is 5.97. The molecule has 4 rings (SSSR count). The van der Waals surface area contributed by atoms with E-state index in [0.717, 1.165) is 61.7 Å². The zero-order valence-electron chi connectivity index (χ0n) is 19.0. The van der Waals surface area contributed by atoms with Crippen LogP contribution >= 0.6 is 0 Å². The van der Waals surface area contributed by atoms with Crippen LogP contribution in [0.25, 0.3) is 0 Å². The van der Waals surface area contributed by atoms with E-state index in [1.54, 1.807) is 7.11 Å². The van der Waals surface area contributed by atoms with Crippen molar-refractivity contribution in [3.63, 3.8) is 0 Å². The summed E-state index contributed by atoms with van der Waals surface area (Å²) < 4.78 is 21.4. The van der Waals surface area contributed by atoms with Crippen molar-refractivity contribution in [1.82, 2.24) is 14.4 Å². The fourth-order valence-electron chi connectivity index (χ4n) is 5.17. The predicted molar refractivity (Wildman–Crippen MR) is 120 cm³/mol. The van der Waals surface area contributed by atoms with Crippen LogP contribution in [0.5, 0.6) is 0 Å². The molecule has 0 N–H and O–H groups in total. The third-order valence-corrected chi connectivity index (χ3v) is 6.67. The van der Waals surface area contributed by atoms with E-state index in [1.807, 2.05) is 37.2 Å². The van der Waals surface area contributed by atoms with E-state index in [4.69, 9.17) is 4.74 Å². The first kappa shape index (κ1) is 21.8. The van der Waals surface area contributed by atoms with Gasteiger partial charge in [-0.2, -0.15) is 0 Å². The van der Waals surface area contributed by atoms with Crippen LogP contribution in [0, 0.1) is 12.7 Å². The van der Waals surface area contributed by atoms with E-state index in [2.05, 4.69) is 21.3 Å². The number of aromatic nitrogens is 1. The summed E-state index contributed by atoms with van der Waals surface area (Å²) in [6.45, 7) is 8.99. The molecule has 2 aliphatic rings. The fourth-order valence-corrected chi connectivity index (χ4v) is 5.17. The standard InChI is InChI=1S/C24H33FN4O2/c1-5-10-29-16-20(23(31-4)22-21(24(29)30)17(2)15-26(22)3)28-13-11-27(12-14-28)19-8-6-18(25)7-9-19/h6-9,15,20,23H,5,10-14,16H2,1-4H3. The van der Waals surface area contributed by atoms with Gasteiger partial charge in [0.25, 0.3) is 5.91 Å². The Balaban J connectivity index is 1.60. The lowest BCUT2D eigenvalue weighted by Crippen LogP contribution is -2.55. The van der Waals surface area contributed by atoms with E-state index >= 15 is 0 Å². The number of anilines is 1. The van der Waals surface area contributed by atoms with Gasteiger partial charge in [-0.05, 0) is 43.2 Å². The van der Waals surface area contributed by atoms with Gasteiger partial charge in [0.2, 0.25) is 0 Å². The minimum atomic E-state index is -0.210. The van der Waals surface area contributed by atoms with Crippen LogP contribution in [0.4, 0.5) is 10.1 Å². The second kappa shape index (κ2) is 9.01. The fraction of sp³-hybridized carbons (Fsp3) is 0.542. The Hall–Kier alpha value is -2.38. The van der Waals surface area contributed by atoms with Gasteiger partial charge in [-0.3, -0.25) is 9.69 Å². The van der Waals surface area contributed by atoms with Crippen LogP contribution < -0.4 is 4.90 Å². The van der Waals surface area contributed by atoms with Crippen molar-refractivity contribution in [3.05, 3.63) is 53.1 Å². The van der Waals surface area contributed by atoms with Crippen molar-refractivity contribution in [1.29, 1.82) is 0 Å². The second-order valence-corrected chi connectivity index (χ2v) is 8.66. The number of halogens is 1. The van der Waals surface area contributed by atoms with Crippen molar-refractivity contribution >= 4 is 11.6 Å². The van der Waals surface area contributed by atoms with Crippen molar-refractivity contribution in [3.8, 4) is 0 Å². The minimum Gasteiger partial charge on any atom is -0.373 e. The number of carbonyl (C=O) groups is 1. The highest BCUT2D eigenvalue weighted by Gasteiger charge is 2.41. The molecule has 1 aromatic carbocycles. The first-order valence-electron chi connectivity index (χ1n) is 11.2. The summed E-state index contributed by atoms with van der Waals surface area (Å²) >= 11 is 0. The van der Waals surface area contributed by atoms with E-state index in [0.29, 0.717) is 6.54 Å². The first-order chi connectivity index (χ1) is 14.9. The molecule has 0 bridgehead atoms. The number of carbonyl (C=O) groups excluding carboxylic acids is 1. The van der Waals surface area contributed by atoms with Crippen LogP contribution in [0.3, 0.4) is 0 Å². The molecule has 1 amide bonds. The molecule has 7 heteroatoms. The first-order valence-corrected chi connectivity index (χ1v) is 11.2. The largest absolute Gasteiger partial charge is 0.373 e. The number of rotatable bonds is 5. The zero-order chi connectivity index (χ0) is 22.1. The number of amides is 1. The molecule has 31 heavy (non-hydrogen) atoms. The Morgan fingerprint density at radius 1 is 1.13 bits per heavy atom. The predicted octanol–water partition coefficient (Wildman–Crippen LogP) is 3.22. The van der Waals surface area contributed by atoms with E-state index in [-0.39, 0.29) is 23.9 Å². The van der Waals surface area contributed by atoms with E-state index < -0.39 is 0 Å². The summed E-state index contributed by atoms with van der Waals surface area (Å²) in [5.74, 6) is -0.0948. The maximum absolute atomic E-state index is 13.4. The number of hydrogen-bond acceptors (Lipinski definition) is 4. The summed E-state index contributed by atoms with van der Waals surface area (Å²) in [7, 11) is 3.75. The van der Waals surface area contributed by atoms with Gasteiger partial charge in [0, 0.05) is 65.3 Å². The molecule has 1 saturated heterocycles. The van der Waals surface area contributed by atoms with Crippen molar-refractivity contribution in [2.45, 2.75) is 32.4 Å². The van der Waals surface area contributed by atoms with Crippen LogP contribution in [-0.2, 0) is 11.8 Å². The number of hydrogen-bond donors (Lipinski definition) is 0. The highest BCUT2D eigenvalue weighted by Crippen LogP contribution is 2.35. The van der Waals surface area contributed by atoms with Gasteiger partial charge in [0.15, 0.2) is 0 Å². The highest BCUT2D eigenvalue weighted by atomic mass is 19.1. The summed E-state index contributed by atoms with van der Waals surface area (Å²) in [4.78, 5) is 20.2. The Morgan fingerprint density at radius 3 is 2.42 bits per heavy atom. The Bertz CT molecular complexity index is 918. The molecule has 0 radical (unpaired) electrons. The van der Waals surface area contributed by atoms with Crippen molar-refractivity contribution < 1.29 is 13.9 Å². The number of nitrogens with zero attached hydrogens (tertiary/aromatic N) is 4. The molecule has 1 aromatic heterocycles. The molecular formula is C24H33FN4O2. The minimum absolute atomic E-state index is 0.0881. The lowest BCUT2D eigenvalue weighted by Gasteiger charge is -2.43. The van der Waals surface area contributed by atoms with E-state index in [1.165, 1.54) is 12.1 Å². The lowest BCUT2D eigenvalue weighted by molar-refractivity contribution is -0.00306. The summed E-state index contributed by atoms with van der Waals surface area (Å²) in [5, 5.41) is 0. The summed E-state index contributed by atoms with van der Waals surface area (Å²) in [6.07, 6.45) is 2.79. The molecule has 1 fully saturated rings. The molecule has 0 spiro atoms. The van der Waals surface area contributed by atoms with Crippen LogP contribution in [0.15, 0.2) is 30.5 Å². The Labute approximate surface area is 184 Å². The Morgan fingerprint density at radius 2 is 1.81 bits per heavy atom. The molecule has 3 heterocycles. The maximum atomic E-state index is 13.4. The molecule has 6 nitrogen and oxygen atoms in total. The van der Waals surface area contributed by atoms with Crippen LogP contribution in [-0.4, -0.2) is 72.7 Å². The maximum Gasteiger partial charge on any atom is 0.256 e. The normalized spacial score (nSPS) is 22.5. The summed E-state index contributed by atoms with van der Waals surface area (Å²) in [5.41, 5.74) is 3.84. The number of methoxy groups -OCH3 is 1. The molecule has 2 aliphatic heterocycles. The van der Waals surface area contributed by atoms with Gasteiger partial charge in [0.1, 0.15) is 11.9 Å². The Kier molecular flexibility index (Phi) is 6.34. The molecule has 0 saturated carbocycles. The third kappa shape index (κ3) is 4.08. The lowest BCUT2D eigenvalue weighted by atomic mass is 10.0. The monoisotopic (exact) mass is 428 g/mol.